The molecule has 0 saturated carbocycles. The highest BCUT2D eigenvalue weighted by atomic mass is 32.2. The summed E-state index contributed by atoms with van der Waals surface area (Å²) in [5, 5.41) is 14.9. The summed E-state index contributed by atoms with van der Waals surface area (Å²) in [4.78, 5) is 0. The molecule has 0 bridgehead atoms. The summed E-state index contributed by atoms with van der Waals surface area (Å²) in [5.74, 6) is 2.43. The van der Waals surface area contributed by atoms with Gasteiger partial charge in [-0.1, -0.05) is 19.0 Å². The largest absolute Gasteiger partial charge is 0.409 e. The van der Waals surface area contributed by atoms with Crippen LogP contribution in [0.4, 0.5) is 0 Å². The molecule has 0 aromatic rings. The van der Waals surface area contributed by atoms with Gasteiger partial charge in [0.15, 0.2) is 5.84 Å². The number of nitrogens with zero attached hydrogens (tertiary/aromatic N) is 1. The first kappa shape index (κ1) is 13.6. The van der Waals surface area contributed by atoms with Gasteiger partial charge in [-0.25, -0.2) is 0 Å². The molecule has 0 saturated heterocycles. The first-order valence-corrected chi connectivity index (χ1v) is 6.12. The third-order valence-electron chi connectivity index (χ3n) is 1.94. The molecule has 0 fully saturated rings. The Bertz CT molecular complexity index is 175. The Morgan fingerprint density at radius 3 is 2.64 bits per heavy atom. The van der Waals surface area contributed by atoms with Crippen molar-refractivity contribution in [3.05, 3.63) is 0 Å². The predicted octanol–water partition coefficient (Wildman–Crippen LogP) is 1.24. The molecular weight excluding hydrogens is 198 g/mol. The van der Waals surface area contributed by atoms with Crippen LogP contribution in [0.5, 0.6) is 0 Å². The van der Waals surface area contributed by atoms with Gasteiger partial charge in [0.25, 0.3) is 0 Å². The van der Waals surface area contributed by atoms with Crippen molar-refractivity contribution in [2.45, 2.75) is 39.3 Å². The van der Waals surface area contributed by atoms with Crippen molar-refractivity contribution in [1.82, 2.24) is 5.32 Å². The van der Waals surface area contributed by atoms with Crippen LogP contribution in [0.15, 0.2) is 5.16 Å². The quantitative estimate of drug-likeness (QED) is 0.261. The van der Waals surface area contributed by atoms with Crippen LogP contribution in [-0.4, -0.2) is 34.6 Å². The first-order chi connectivity index (χ1) is 6.65. The number of rotatable bonds is 7. The molecule has 14 heavy (non-hydrogen) atoms. The average molecular weight is 219 g/mol. The lowest BCUT2D eigenvalue weighted by Crippen LogP contribution is -2.46. The molecule has 0 aromatic carbocycles. The van der Waals surface area contributed by atoms with E-state index >= 15 is 0 Å². The summed E-state index contributed by atoms with van der Waals surface area (Å²) in [5.41, 5.74) is 5.54. The van der Waals surface area contributed by atoms with Crippen LogP contribution in [0.2, 0.25) is 0 Å². The number of hydrogen-bond donors (Lipinski definition) is 3. The van der Waals surface area contributed by atoms with E-state index in [4.69, 9.17) is 10.9 Å². The number of nitrogens with one attached hydrogen (secondary N) is 1. The van der Waals surface area contributed by atoms with Crippen LogP contribution >= 0.6 is 11.8 Å². The minimum Gasteiger partial charge on any atom is -0.409 e. The van der Waals surface area contributed by atoms with Gasteiger partial charge in [0.1, 0.15) is 0 Å². The van der Waals surface area contributed by atoms with Gasteiger partial charge in [0.05, 0.1) is 6.04 Å². The van der Waals surface area contributed by atoms with Crippen LogP contribution < -0.4 is 11.1 Å². The molecule has 2 unspecified atom stereocenters. The maximum absolute atomic E-state index is 8.54. The highest BCUT2D eigenvalue weighted by molar-refractivity contribution is 7.99. The van der Waals surface area contributed by atoms with Gasteiger partial charge in [-0.3, -0.25) is 0 Å². The number of nitrogens with two attached hydrogens (primary N) is 1. The van der Waals surface area contributed by atoms with Crippen LogP contribution in [0.3, 0.4) is 0 Å². The Balaban J connectivity index is 3.92. The summed E-state index contributed by atoms with van der Waals surface area (Å²) in [6.45, 7) is 6.25. The maximum Gasteiger partial charge on any atom is 0.156 e. The van der Waals surface area contributed by atoms with E-state index in [1.165, 1.54) is 0 Å². The van der Waals surface area contributed by atoms with E-state index in [1.54, 1.807) is 0 Å². The summed E-state index contributed by atoms with van der Waals surface area (Å²) in [6.07, 6.45) is 0.830. The van der Waals surface area contributed by atoms with E-state index in [-0.39, 0.29) is 11.9 Å². The van der Waals surface area contributed by atoms with Crippen LogP contribution in [0.1, 0.15) is 27.2 Å². The molecule has 2 atom stereocenters. The van der Waals surface area contributed by atoms with Crippen LogP contribution in [0.25, 0.3) is 0 Å². The predicted molar refractivity (Wildman–Crippen MR) is 63.1 cm³/mol. The number of amidine groups is 1. The van der Waals surface area contributed by atoms with E-state index in [0.717, 1.165) is 17.9 Å². The smallest absolute Gasteiger partial charge is 0.156 e. The van der Waals surface area contributed by atoms with E-state index in [0.29, 0.717) is 6.04 Å². The highest BCUT2D eigenvalue weighted by Gasteiger charge is 2.13. The molecule has 0 amide bonds. The van der Waals surface area contributed by atoms with Gasteiger partial charge in [-0.15, -0.1) is 0 Å². The second-order valence-electron chi connectivity index (χ2n) is 3.21. The SMILES string of the molecule is CCSCC(C)NC(CC)C(N)=NO. The van der Waals surface area contributed by atoms with E-state index in [1.807, 2.05) is 18.7 Å². The fourth-order valence-electron chi connectivity index (χ4n) is 1.17. The number of oxime groups is 1. The zero-order chi connectivity index (χ0) is 11.0. The van der Waals surface area contributed by atoms with E-state index in [2.05, 4.69) is 24.3 Å². The lowest BCUT2D eigenvalue weighted by Gasteiger charge is -2.20. The fraction of sp³-hybridized carbons (Fsp3) is 0.889. The monoisotopic (exact) mass is 219 g/mol. The first-order valence-electron chi connectivity index (χ1n) is 4.96. The van der Waals surface area contributed by atoms with Gasteiger partial charge < -0.3 is 16.3 Å². The molecule has 0 aliphatic carbocycles. The number of hydrogen-bond acceptors (Lipinski definition) is 4. The van der Waals surface area contributed by atoms with E-state index in [9.17, 15) is 0 Å². The van der Waals surface area contributed by atoms with Gasteiger partial charge in [-0.2, -0.15) is 11.8 Å². The molecule has 0 aliphatic rings. The summed E-state index contributed by atoms with van der Waals surface area (Å²) >= 11 is 1.88. The van der Waals surface area contributed by atoms with Crippen molar-refractivity contribution in [3.63, 3.8) is 0 Å². The second kappa shape index (κ2) is 7.94. The lowest BCUT2D eigenvalue weighted by molar-refractivity contribution is 0.313. The van der Waals surface area contributed by atoms with Crippen molar-refractivity contribution in [2.24, 2.45) is 10.9 Å². The van der Waals surface area contributed by atoms with Crippen molar-refractivity contribution in [2.75, 3.05) is 11.5 Å². The molecule has 0 aliphatic heterocycles. The highest BCUT2D eigenvalue weighted by Crippen LogP contribution is 2.03. The molecule has 0 spiro atoms. The molecule has 0 radical (unpaired) electrons. The van der Waals surface area contributed by atoms with Gasteiger partial charge in [0.2, 0.25) is 0 Å². The normalized spacial score (nSPS) is 16.6. The molecule has 84 valence electrons. The van der Waals surface area contributed by atoms with Crippen LogP contribution in [0, 0.1) is 0 Å². The summed E-state index contributed by atoms with van der Waals surface area (Å²) in [6, 6.07) is 0.359. The Labute approximate surface area is 90.3 Å². The lowest BCUT2D eigenvalue weighted by atomic mass is 10.2. The topological polar surface area (TPSA) is 70.6 Å². The minimum absolute atomic E-state index is 0.0209. The van der Waals surface area contributed by atoms with Crippen molar-refractivity contribution < 1.29 is 5.21 Å². The molecule has 4 N–H and O–H groups in total. The zero-order valence-electron chi connectivity index (χ0n) is 9.16. The zero-order valence-corrected chi connectivity index (χ0v) is 9.97. The molecule has 0 heterocycles. The van der Waals surface area contributed by atoms with Gasteiger partial charge in [0, 0.05) is 11.8 Å². The Morgan fingerprint density at radius 1 is 1.57 bits per heavy atom. The third kappa shape index (κ3) is 5.34. The minimum atomic E-state index is -0.0209. The summed E-state index contributed by atoms with van der Waals surface area (Å²) < 4.78 is 0. The Kier molecular flexibility index (Phi) is 7.70. The Morgan fingerprint density at radius 2 is 2.21 bits per heavy atom. The van der Waals surface area contributed by atoms with Crippen molar-refractivity contribution in [1.29, 1.82) is 0 Å². The van der Waals surface area contributed by atoms with E-state index < -0.39 is 0 Å². The molecular formula is C9H21N3OS. The molecule has 0 rings (SSSR count). The molecule has 4 nitrogen and oxygen atoms in total. The van der Waals surface area contributed by atoms with Gasteiger partial charge in [-0.05, 0) is 19.1 Å². The van der Waals surface area contributed by atoms with Crippen LogP contribution in [-0.2, 0) is 0 Å². The number of thioether (sulfide) groups is 1. The van der Waals surface area contributed by atoms with Crippen molar-refractivity contribution in [3.8, 4) is 0 Å². The second-order valence-corrected chi connectivity index (χ2v) is 4.53. The molecule has 5 heteroatoms. The average Bonchev–Trinajstić information content (AvgIpc) is 2.21. The maximum atomic E-state index is 8.54. The standard InChI is InChI=1S/C9H21N3OS/c1-4-8(9(10)12-13)11-7(3)6-14-5-2/h7-8,11,13H,4-6H2,1-3H3,(H2,10,12). The van der Waals surface area contributed by atoms with Gasteiger partial charge >= 0.3 is 0 Å². The fourth-order valence-corrected chi connectivity index (χ4v) is 1.85. The van der Waals surface area contributed by atoms with Crippen molar-refractivity contribution >= 4 is 17.6 Å². The molecule has 0 aromatic heterocycles. The summed E-state index contributed by atoms with van der Waals surface area (Å²) in [7, 11) is 0. The Hall–Kier alpha value is -0.420. The third-order valence-corrected chi connectivity index (χ3v) is 3.08.